The summed E-state index contributed by atoms with van der Waals surface area (Å²) < 4.78 is 5.43. The number of aliphatic carboxylic acids is 1. The van der Waals surface area contributed by atoms with Crippen molar-refractivity contribution < 1.29 is 14.6 Å². The quantitative estimate of drug-likeness (QED) is 0.897. The second-order valence-corrected chi connectivity index (χ2v) is 5.43. The summed E-state index contributed by atoms with van der Waals surface area (Å²) in [5.74, 6) is 0.608. The minimum absolute atomic E-state index is 0.457. The Morgan fingerprint density at radius 2 is 2.24 bits per heavy atom. The average Bonchev–Trinajstić information content (AvgIpc) is 2.46. The highest BCUT2D eigenvalue weighted by atomic mass is 16.5. The molecule has 1 aromatic rings. The van der Waals surface area contributed by atoms with E-state index in [0.29, 0.717) is 37.3 Å². The average molecular weight is 293 g/mol. The minimum atomic E-state index is -0.809. The molecule has 0 spiro atoms. The van der Waals surface area contributed by atoms with Crippen molar-refractivity contribution in [3.63, 3.8) is 0 Å². The second kappa shape index (κ2) is 6.74. The smallest absolute Gasteiger partial charge is 0.326 e. The van der Waals surface area contributed by atoms with E-state index in [-0.39, 0.29) is 0 Å². The van der Waals surface area contributed by atoms with E-state index >= 15 is 0 Å². The zero-order valence-electron chi connectivity index (χ0n) is 12.9. The van der Waals surface area contributed by atoms with Crippen LogP contribution in [-0.2, 0) is 4.79 Å². The molecule has 0 aromatic carbocycles. The Hall–Kier alpha value is -1.85. The van der Waals surface area contributed by atoms with E-state index in [1.54, 1.807) is 11.0 Å². The van der Waals surface area contributed by atoms with E-state index in [2.05, 4.69) is 16.9 Å². The first-order valence-electron chi connectivity index (χ1n) is 7.53. The van der Waals surface area contributed by atoms with E-state index in [1.807, 2.05) is 13.8 Å². The van der Waals surface area contributed by atoms with Crippen LogP contribution in [0.4, 0.5) is 5.95 Å². The monoisotopic (exact) mass is 293 g/mol. The molecule has 0 radical (unpaired) electrons. The van der Waals surface area contributed by atoms with Crippen molar-refractivity contribution in [2.75, 3.05) is 18.1 Å². The van der Waals surface area contributed by atoms with Gasteiger partial charge in [0.15, 0.2) is 0 Å². The van der Waals surface area contributed by atoms with Crippen LogP contribution in [0.25, 0.3) is 0 Å². The van der Waals surface area contributed by atoms with Crippen LogP contribution in [0.15, 0.2) is 6.07 Å². The molecule has 6 heteroatoms. The number of hydrogen-bond donors (Lipinski definition) is 1. The number of carbonyl (C=O) groups is 1. The largest absolute Gasteiger partial charge is 0.480 e. The highest BCUT2D eigenvalue weighted by molar-refractivity contribution is 5.77. The van der Waals surface area contributed by atoms with Crippen LogP contribution >= 0.6 is 0 Å². The first-order chi connectivity index (χ1) is 10.0. The van der Waals surface area contributed by atoms with Crippen molar-refractivity contribution in [1.82, 2.24) is 9.97 Å². The van der Waals surface area contributed by atoms with Crippen molar-refractivity contribution in [3.8, 4) is 5.88 Å². The Labute approximate surface area is 125 Å². The maximum atomic E-state index is 11.6. The molecule has 0 aliphatic carbocycles. The lowest BCUT2D eigenvalue weighted by molar-refractivity contribution is -0.139. The first-order valence-corrected chi connectivity index (χ1v) is 7.53. The fourth-order valence-corrected chi connectivity index (χ4v) is 2.76. The number of rotatable bonds is 5. The van der Waals surface area contributed by atoms with Gasteiger partial charge in [0.25, 0.3) is 0 Å². The Balaban J connectivity index is 2.28. The fourth-order valence-electron chi connectivity index (χ4n) is 2.76. The van der Waals surface area contributed by atoms with Gasteiger partial charge in [-0.15, -0.1) is 0 Å². The van der Waals surface area contributed by atoms with E-state index in [0.717, 1.165) is 18.5 Å². The van der Waals surface area contributed by atoms with Gasteiger partial charge in [0, 0.05) is 18.3 Å². The molecular weight excluding hydrogens is 270 g/mol. The molecule has 2 heterocycles. The van der Waals surface area contributed by atoms with Crippen molar-refractivity contribution in [1.29, 1.82) is 0 Å². The highest BCUT2D eigenvalue weighted by Gasteiger charge is 2.34. The maximum absolute atomic E-state index is 11.6. The number of anilines is 1. The Bertz CT molecular complexity index is 507. The summed E-state index contributed by atoms with van der Waals surface area (Å²) in [6.07, 6.45) is 2.63. The summed E-state index contributed by atoms with van der Waals surface area (Å²) in [6.45, 7) is 7.06. The predicted molar refractivity (Wildman–Crippen MR) is 79.7 cm³/mol. The van der Waals surface area contributed by atoms with Crippen LogP contribution in [0.1, 0.15) is 38.8 Å². The lowest BCUT2D eigenvalue weighted by Gasteiger charge is -2.37. The molecule has 1 saturated heterocycles. The lowest BCUT2D eigenvalue weighted by atomic mass is 9.89. The topological polar surface area (TPSA) is 75.5 Å². The number of piperidine rings is 1. The number of nitrogens with zero attached hydrogens (tertiary/aromatic N) is 3. The molecular formula is C15H23N3O3. The molecule has 2 rings (SSSR count). The molecule has 1 fully saturated rings. The van der Waals surface area contributed by atoms with E-state index in [1.165, 1.54) is 0 Å². The van der Waals surface area contributed by atoms with Crippen LogP contribution < -0.4 is 9.64 Å². The van der Waals surface area contributed by atoms with Crippen molar-refractivity contribution in [2.24, 2.45) is 5.92 Å². The van der Waals surface area contributed by atoms with Crippen molar-refractivity contribution >= 4 is 11.9 Å². The SMILES string of the molecule is CCOc1cc(C)nc(N2CCC(CC)CC2C(=O)O)n1. The van der Waals surface area contributed by atoms with Gasteiger partial charge in [-0.2, -0.15) is 4.98 Å². The van der Waals surface area contributed by atoms with E-state index < -0.39 is 12.0 Å². The zero-order chi connectivity index (χ0) is 15.4. The number of carboxylic acid groups (broad SMARTS) is 1. The molecule has 1 N–H and O–H groups in total. The first kappa shape index (κ1) is 15.5. The predicted octanol–water partition coefficient (Wildman–Crippen LogP) is 2.26. The molecule has 21 heavy (non-hydrogen) atoms. The van der Waals surface area contributed by atoms with Crippen LogP contribution in [0.3, 0.4) is 0 Å². The minimum Gasteiger partial charge on any atom is -0.480 e. The Morgan fingerprint density at radius 3 is 2.86 bits per heavy atom. The normalized spacial score (nSPS) is 22.1. The third-order valence-electron chi connectivity index (χ3n) is 3.94. The second-order valence-electron chi connectivity index (χ2n) is 5.43. The molecule has 1 aliphatic rings. The van der Waals surface area contributed by atoms with Crippen LogP contribution in [0, 0.1) is 12.8 Å². The van der Waals surface area contributed by atoms with Gasteiger partial charge >= 0.3 is 5.97 Å². The molecule has 0 bridgehead atoms. The van der Waals surface area contributed by atoms with Gasteiger partial charge < -0.3 is 14.7 Å². The number of aromatic nitrogens is 2. The summed E-state index contributed by atoms with van der Waals surface area (Å²) in [4.78, 5) is 22.1. The molecule has 0 saturated carbocycles. The van der Waals surface area contributed by atoms with Crippen LogP contribution in [0.5, 0.6) is 5.88 Å². The Kier molecular flexibility index (Phi) is 4.98. The molecule has 116 valence electrons. The van der Waals surface area contributed by atoms with Crippen LogP contribution in [-0.4, -0.2) is 40.2 Å². The lowest BCUT2D eigenvalue weighted by Crippen LogP contribution is -2.48. The zero-order valence-corrected chi connectivity index (χ0v) is 12.9. The number of hydrogen-bond acceptors (Lipinski definition) is 5. The fraction of sp³-hybridized carbons (Fsp3) is 0.667. The summed E-state index contributed by atoms with van der Waals surface area (Å²) in [6, 6.07) is 1.21. The standard InChI is InChI=1S/C15H23N3O3/c1-4-11-6-7-18(12(9-11)14(19)20)15-16-10(3)8-13(17-15)21-5-2/h8,11-12H,4-7,9H2,1-3H3,(H,19,20). The van der Waals surface area contributed by atoms with E-state index in [9.17, 15) is 9.90 Å². The highest BCUT2D eigenvalue weighted by Crippen LogP contribution is 2.29. The summed E-state index contributed by atoms with van der Waals surface area (Å²) in [5, 5.41) is 9.50. The number of aryl methyl sites for hydroxylation is 1. The summed E-state index contributed by atoms with van der Waals surface area (Å²) >= 11 is 0. The van der Waals surface area contributed by atoms with Crippen molar-refractivity contribution in [3.05, 3.63) is 11.8 Å². The van der Waals surface area contributed by atoms with Gasteiger partial charge in [-0.1, -0.05) is 13.3 Å². The van der Waals surface area contributed by atoms with E-state index in [4.69, 9.17) is 4.74 Å². The number of carboxylic acids is 1. The molecule has 0 amide bonds. The van der Waals surface area contributed by atoms with Crippen LogP contribution in [0.2, 0.25) is 0 Å². The third kappa shape index (κ3) is 3.62. The summed E-state index contributed by atoms with van der Waals surface area (Å²) in [7, 11) is 0. The Morgan fingerprint density at radius 1 is 1.48 bits per heavy atom. The third-order valence-corrected chi connectivity index (χ3v) is 3.94. The molecule has 1 aliphatic heterocycles. The summed E-state index contributed by atoms with van der Waals surface area (Å²) in [5.41, 5.74) is 0.783. The number of ether oxygens (including phenoxy) is 1. The van der Waals surface area contributed by atoms with Gasteiger partial charge in [-0.3, -0.25) is 0 Å². The van der Waals surface area contributed by atoms with Gasteiger partial charge in [-0.25, -0.2) is 9.78 Å². The molecule has 2 unspecified atom stereocenters. The molecule has 1 aromatic heterocycles. The van der Waals surface area contributed by atoms with Gasteiger partial charge in [0.1, 0.15) is 6.04 Å². The van der Waals surface area contributed by atoms with Gasteiger partial charge in [-0.05, 0) is 32.6 Å². The molecule has 2 atom stereocenters. The van der Waals surface area contributed by atoms with Gasteiger partial charge in [0.2, 0.25) is 11.8 Å². The van der Waals surface area contributed by atoms with Gasteiger partial charge in [0.05, 0.1) is 6.61 Å². The maximum Gasteiger partial charge on any atom is 0.326 e. The van der Waals surface area contributed by atoms with Crippen molar-refractivity contribution in [2.45, 2.75) is 46.1 Å². The molecule has 6 nitrogen and oxygen atoms in total.